The molecule has 0 heterocycles. The Morgan fingerprint density at radius 1 is 1.10 bits per heavy atom. The number of halogens is 3. The molecule has 0 saturated carbocycles. The van der Waals surface area contributed by atoms with Gasteiger partial charge in [-0.2, -0.15) is 5.26 Å². The van der Waals surface area contributed by atoms with Crippen LogP contribution in [0.5, 0.6) is 0 Å². The van der Waals surface area contributed by atoms with Gasteiger partial charge >= 0.3 is 0 Å². The van der Waals surface area contributed by atoms with E-state index in [1.54, 1.807) is 18.2 Å². The lowest BCUT2D eigenvalue weighted by molar-refractivity contribution is 0.601. The molecule has 0 unspecified atom stereocenters. The predicted octanol–water partition coefficient (Wildman–Crippen LogP) is 4.27. The highest BCUT2D eigenvalue weighted by Gasteiger charge is 2.19. The van der Waals surface area contributed by atoms with Crippen molar-refractivity contribution in [2.75, 3.05) is 4.72 Å². The Morgan fingerprint density at radius 2 is 1.81 bits per heavy atom. The number of nitrogens with zero attached hydrogens (tertiary/aromatic N) is 1. The first-order valence-electron chi connectivity index (χ1n) is 5.51. The summed E-state index contributed by atoms with van der Waals surface area (Å²) in [6, 6.07) is 10.8. The van der Waals surface area contributed by atoms with Crippen molar-refractivity contribution in [2.24, 2.45) is 0 Å². The molecule has 0 spiro atoms. The van der Waals surface area contributed by atoms with Crippen LogP contribution in [-0.2, 0) is 10.0 Å². The van der Waals surface area contributed by atoms with Crippen LogP contribution in [-0.4, -0.2) is 8.42 Å². The van der Waals surface area contributed by atoms with Crippen LogP contribution < -0.4 is 4.72 Å². The van der Waals surface area contributed by atoms with Crippen molar-refractivity contribution in [1.29, 1.82) is 5.26 Å². The molecule has 0 atom stereocenters. The Bertz CT molecular complexity index is 848. The molecule has 1 N–H and O–H groups in total. The Hall–Kier alpha value is -1.01. The van der Waals surface area contributed by atoms with E-state index >= 15 is 0 Å². The maximum absolute atomic E-state index is 12.3. The second-order valence-electron chi connectivity index (χ2n) is 3.99. The lowest BCUT2D eigenvalue weighted by atomic mass is 10.2. The molecule has 4 nitrogen and oxygen atoms in total. The molecule has 8 heteroatoms. The number of anilines is 1. The molecular weight excluding hydrogens is 446 g/mol. The number of rotatable bonds is 3. The normalized spacial score (nSPS) is 11.0. The zero-order valence-corrected chi connectivity index (χ0v) is 14.8. The molecule has 0 aromatic heterocycles. The first-order chi connectivity index (χ1) is 9.83. The maximum Gasteiger partial charge on any atom is 0.263 e. The fourth-order valence-electron chi connectivity index (χ4n) is 1.56. The quantitative estimate of drug-likeness (QED) is 0.707. The third-order valence-corrected chi connectivity index (χ3v) is 5.36. The van der Waals surface area contributed by atoms with Gasteiger partial charge in [0.25, 0.3) is 10.0 Å². The first kappa shape index (κ1) is 16.4. The molecule has 2 rings (SSSR count). The van der Waals surface area contributed by atoms with Crippen LogP contribution in [0.25, 0.3) is 0 Å². The van der Waals surface area contributed by atoms with E-state index in [0.717, 1.165) is 3.57 Å². The molecule has 0 aliphatic rings. The summed E-state index contributed by atoms with van der Waals surface area (Å²) in [6.07, 6.45) is 0. The van der Waals surface area contributed by atoms with Gasteiger partial charge in [0.05, 0.1) is 27.4 Å². The van der Waals surface area contributed by atoms with Crippen LogP contribution in [0.4, 0.5) is 5.69 Å². The van der Waals surface area contributed by atoms with Gasteiger partial charge in [-0.25, -0.2) is 8.42 Å². The summed E-state index contributed by atoms with van der Waals surface area (Å²) < 4.78 is 27.9. The minimum absolute atomic E-state index is 0.0248. The van der Waals surface area contributed by atoms with Gasteiger partial charge in [-0.15, -0.1) is 0 Å². The molecule has 2 aromatic rings. The maximum atomic E-state index is 12.3. The van der Waals surface area contributed by atoms with Crippen molar-refractivity contribution in [3.63, 3.8) is 0 Å². The lowest BCUT2D eigenvalue weighted by Gasteiger charge is -2.11. The van der Waals surface area contributed by atoms with Crippen molar-refractivity contribution < 1.29 is 8.42 Å². The third-order valence-electron chi connectivity index (χ3n) is 2.53. The highest BCUT2D eigenvalue weighted by atomic mass is 127. The van der Waals surface area contributed by atoms with Gasteiger partial charge in [-0.3, -0.25) is 4.72 Å². The third kappa shape index (κ3) is 3.80. The second kappa shape index (κ2) is 6.40. The molecule has 0 bridgehead atoms. The average molecular weight is 453 g/mol. The van der Waals surface area contributed by atoms with Crippen LogP contribution in [0.1, 0.15) is 5.56 Å². The van der Waals surface area contributed by atoms with E-state index in [2.05, 4.69) is 27.3 Å². The first-order valence-corrected chi connectivity index (χ1v) is 8.83. The van der Waals surface area contributed by atoms with Gasteiger partial charge in [-0.1, -0.05) is 23.2 Å². The summed E-state index contributed by atoms with van der Waals surface area (Å²) in [7, 11) is -3.88. The highest BCUT2D eigenvalue weighted by molar-refractivity contribution is 14.1. The predicted molar refractivity (Wildman–Crippen MR) is 91.1 cm³/mol. The Kier molecular flexibility index (Phi) is 4.99. The van der Waals surface area contributed by atoms with Crippen molar-refractivity contribution in [1.82, 2.24) is 0 Å². The van der Waals surface area contributed by atoms with Crippen LogP contribution in [0, 0.1) is 14.9 Å². The molecule has 0 amide bonds. The van der Waals surface area contributed by atoms with Gasteiger partial charge in [0.15, 0.2) is 0 Å². The Morgan fingerprint density at radius 3 is 2.38 bits per heavy atom. The van der Waals surface area contributed by atoms with Crippen molar-refractivity contribution in [3.8, 4) is 6.07 Å². The number of nitrogens with one attached hydrogen (secondary N) is 1. The monoisotopic (exact) mass is 452 g/mol. The lowest BCUT2D eigenvalue weighted by Crippen LogP contribution is -2.14. The Labute approximate surface area is 145 Å². The summed E-state index contributed by atoms with van der Waals surface area (Å²) in [6.45, 7) is 0. The summed E-state index contributed by atoms with van der Waals surface area (Å²) in [4.78, 5) is -0.113. The van der Waals surface area contributed by atoms with Gasteiger partial charge in [0.1, 0.15) is 4.90 Å². The molecule has 2 aromatic carbocycles. The molecular formula is C13H7Cl2IN2O2S. The number of sulfonamides is 1. The molecule has 21 heavy (non-hydrogen) atoms. The second-order valence-corrected chi connectivity index (χ2v) is 7.70. The largest absolute Gasteiger partial charge is 0.278 e. The molecule has 0 aliphatic carbocycles. The van der Waals surface area contributed by atoms with E-state index in [0.29, 0.717) is 0 Å². The van der Waals surface area contributed by atoms with Crippen molar-refractivity contribution >= 4 is 61.5 Å². The van der Waals surface area contributed by atoms with E-state index in [9.17, 15) is 8.42 Å². The van der Waals surface area contributed by atoms with Crippen LogP contribution in [0.2, 0.25) is 10.0 Å². The van der Waals surface area contributed by atoms with Crippen LogP contribution >= 0.6 is 45.8 Å². The van der Waals surface area contributed by atoms with E-state index in [-0.39, 0.29) is 26.2 Å². The van der Waals surface area contributed by atoms with Gasteiger partial charge in [-0.05, 0) is 59.0 Å². The Balaban J connectivity index is 2.41. The number of nitriles is 1. The van der Waals surface area contributed by atoms with E-state index in [1.165, 1.54) is 18.2 Å². The number of hydrogen-bond acceptors (Lipinski definition) is 3. The highest BCUT2D eigenvalue weighted by Crippen LogP contribution is 2.29. The standard InChI is InChI=1S/C13H7Cl2IN2O2S/c14-10-6-9(16)2-3-12(10)18-21(19,20)13-4-1-8(7-17)5-11(13)15/h1-6,18H. The van der Waals surface area contributed by atoms with Crippen molar-refractivity contribution in [3.05, 3.63) is 55.6 Å². The summed E-state index contributed by atoms with van der Waals surface area (Å²) in [5, 5.41) is 9.02. The van der Waals surface area contributed by atoms with Gasteiger partial charge in [0.2, 0.25) is 0 Å². The van der Waals surface area contributed by atoms with Gasteiger partial charge in [0, 0.05) is 3.57 Å². The minimum atomic E-state index is -3.88. The molecule has 108 valence electrons. The molecule has 0 fully saturated rings. The average Bonchev–Trinajstić information content (AvgIpc) is 2.41. The fourth-order valence-corrected chi connectivity index (χ4v) is 4.14. The number of hydrogen-bond donors (Lipinski definition) is 1. The van der Waals surface area contributed by atoms with Crippen LogP contribution in [0.15, 0.2) is 41.3 Å². The van der Waals surface area contributed by atoms with E-state index in [1.807, 2.05) is 6.07 Å². The molecule has 0 saturated heterocycles. The van der Waals surface area contributed by atoms with Crippen LogP contribution in [0.3, 0.4) is 0 Å². The minimum Gasteiger partial charge on any atom is -0.278 e. The number of benzene rings is 2. The summed E-state index contributed by atoms with van der Waals surface area (Å²) in [5.41, 5.74) is 0.545. The molecule has 0 aliphatic heterocycles. The zero-order chi connectivity index (χ0) is 15.6. The van der Waals surface area contributed by atoms with E-state index in [4.69, 9.17) is 28.5 Å². The smallest absolute Gasteiger partial charge is 0.263 e. The van der Waals surface area contributed by atoms with Gasteiger partial charge < -0.3 is 0 Å². The fraction of sp³-hybridized carbons (Fsp3) is 0. The SMILES string of the molecule is N#Cc1ccc(S(=O)(=O)Nc2ccc(I)cc2Cl)c(Cl)c1. The van der Waals surface area contributed by atoms with E-state index < -0.39 is 10.0 Å². The summed E-state index contributed by atoms with van der Waals surface area (Å²) in [5.74, 6) is 0. The summed E-state index contributed by atoms with van der Waals surface area (Å²) >= 11 is 14.0. The zero-order valence-electron chi connectivity index (χ0n) is 10.3. The molecule has 0 radical (unpaired) electrons. The van der Waals surface area contributed by atoms with Crippen molar-refractivity contribution in [2.45, 2.75) is 4.90 Å². The topological polar surface area (TPSA) is 70.0 Å².